The van der Waals surface area contributed by atoms with Crippen LogP contribution in [0.1, 0.15) is 24.2 Å². The Morgan fingerprint density at radius 1 is 1.12 bits per heavy atom. The molecule has 0 aliphatic heterocycles. The maximum Gasteiger partial charge on any atom is 0.266 e. The van der Waals surface area contributed by atoms with Crippen molar-refractivity contribution in [3.63, 3.8) is 0 Å². The van der Waals surface area contributed by atoms with Crippen LogP contribution in [-0.2, 0) is 0 Å². The zero-order chi connectivity index (χ0) is 23.0. The van der Waals surface area contributed by atoms with E-state index in [4.69, 9.17) is 11.5 Å². The van der Waals surface area contributed by atoms with Gasteiger partial charge in [-0.05, 0) is 42.6 Å². The number of pyridine rings is 1. The molecular formula is C22H17F2N7O. The lowest BCUT2D eigenvalue weighted by molar-refractivity contribution is 0.625. The van der Waals surface area contributed by atoms with Crippen LogP contribution in [0.5, 0.6) is 0 Å². The second-order valence-corrected chi connectivity index (χ2v) is 7.06. The van der Waals surface area contributed by atoms with Crippen molar-refractivity contribution in [2.75, 3.05) is 16.8 Å². The van der Waals surface area contributed by atoms with Crippen LogP contribution in [0, 0.1) is 23.0 Å². The second-order valence-electron chi connectivity index (χ2n) is 7.06. The van der Waals surface area contributed by atoms with Crippen molar-refractivity contribution in [3.05, 3.63) is 81.8 Å². The molecule has 4 aromatic rings. The Bertz CT molecular complexity index is 1460. The Labute approximate surface area is 180 Å². The minimum atomic E-state index is -0.687. The normalized spacial score (nSPS) is 11.8. The molecule has 0 unspecified atom stereocenters. The number of anilines is 3. The SMILES string of the molecule is C[C@H](Nc1nc(N)nc(N)c1C#N)c1cc2cccc(F)c2c(=O)n1-c1cccc(F)c1. The van der Waals surface area contributed by atoms with E-state index >= 15 is 0 Å². The summed E-state index contributed by atoms with van der Waals surface area (Å²) in [6.45, 7) is 1.70. The number of nitrogen functional groups attached to an aromatic ring is 2. The third-order valence-corrected chi connectivity index (χ3v) is 4.95. The van der Waals surface area contributed by atoms with E-state index in [2.05, 4.69) is 15.3 Å². The highest BCUT2D eigenvalue weighted by atomic mass is 19.1. The van der Waals surface area contributed by atoms with E-state index in [-0.39, 0.29) is 34.2 Å². The van der Waals surface area contributed by atoms with E-state index in [0.717, 1.165) is 0 Å². The van der Waals surface area contributed by atoms with Crippen LogP contribution >= 0.6 is 0 Å². The molecule has 0 saturated carbocycles. The van der Waals surface area contributed by atoms with Gasteiger partial charge < -0.3 is 16.8 Å². The fourth-order valence-corrected chi connectivity index (χ4v) is 3.53. The van der Waals surface area contributed by atoms with Crippen molar-refractivity contribution in [2.45, 2.75) is 13.0 Å². The van der Waals surface area contributed by atoms with Gasteiger partial charge in [-0.3, -0.25) is 9.36 Å². The summed E-state index contributed by atoms with van der Waals surface area (Å²) in [5.74, 6) is -1.41. The van der Waals surface area contributed by atoms with E-state index in [9.17, 15) is 18.8 Å². The van der Waals surface area contributed by atoms with Crippen LogP contribution in [0.2, 0.25) is 0 Å². The molecule has 0 radical (unpaired) electrons. The molecule has 0 aliphatic rings. The first-order valence-corrected chi connectivity index (χ1v) is 9.50. The molecule has 0 bridgehead atoms. The number of nitrogens with zero attached hydrogens (tertiary/aromatic N) is 4. The maximum absolute atomic E-state index is 14.5. The molecule has 2 aromatic carbocycles. The van der Waals surface area contributed by atoms with Crippen molar-refractivity contribution in [3.8, 4) is 11.8 Å². The van der Waals surface area contributed by atoms with E-state index in [1.807, 2.05) is 6.07 Å². The van der Waals surface area contributed by atoms with Gasteiger partial charge in [0.25, 0.3) is 5.56 Å². The zero-order valence-corrected chi connectivity index (χ0v) is 16.8. The van der Waals surface area contributed by atoms with E-state index in [1.54, 1.807) is 19.1 Å². The quantitative estimate of drug-likeness (QED) is 0.449. The molecule has 32 heavy (non-hydrogen) atoms. The lowest BCUT2D eigenvalue weighted by Gasteiger charge is -2.22. The first kappa shape index (κ1) is 20.7. The Morgan fingerprint density at radius 2 is 1.88 bits per heavy atom. The predicted molar refractivity (Wildman–Crippen MR) is 117 cm³/mol. The Hall–Kier alpha value is -4.52. The Balaban J connectivity index is 1.95. The molecule has 5 N–H and O–H groups in total. The summed E-state index contributed by atoms with van der Waals surface area (Å²) in [5, 5.41) is 12.7. The van der Waals surface area contributed by atoms with Crippen molar-refractivity contribution in [1.29, 1.82) is 5.26 Å². The first-order valence-electron chi connectivity index (χ1n) is 9.50. The number of nitriles is 1. The maximum atomic E-state index is 14.5. The molecule has 4 rings (SSSR count). The largest absolute Gasteiger partial charge is 0.382 e. The Kier molecular flexibility index (Phi) is 5.16. The zero-order valence-electron chi connectivity index (χ0n) is 16.8. The van der Waals surface area contributed by atoms with E-state index < -0.39 is 23.2 Å². The Morgan fingerprint density at radius 3 is 2.59 bits per heavy atom. The van der Waals surface area contributed by atoms with Crippen molar-refractivity contribution in [1.82, 2.24) is 14.5 Å². The molecule has 1 atom stereocenters. The number of hydrogen-bond donors (Lipinski definition) is 3. The molecule has 2 heterocycles. The summed E-state index contributed by atoms with van der Waals surface area (Å²) >= 11 is 0. The molecule has 0 amide bonds. The molecule has 2 aromatic heterocycles. The third kappa shape index (κ3) is 3.56. The molecule has 8 nitrogen and oxygen atoms in total. The summed E-state index contributed by atoms with van der Waals surface area (Å²) in [5.41, 5.74) is 11.3. The van der Waals surface area contributed by atoms with Gasteiger partial charge in [-0.15, -0.1) is 0 Å². The lowest BCUT2D eigenvalue weighted by atomic mass is 10.1. The molecule has 0 saturated heterocycles. The number of fused-ring (bicyclic) bond motifs is 1. The average molecular weight is 433 g/mol. The number of nitrogens with one attached hydrogen (secondary N) is 1. The molecule has 160 valence electrons. The molecule has 0 spiro atoms. The number of hydrogen-bond acceptors (Lipinski definition) is 7. The standard InChI is InChI=1S/C22H17F2N7O/c1-11(28-20-15(10-25)19(26)29-22(27)30-20)17-8-12-4-2-7-16(24)18(12)21(32)31(17)14-6-3-5-13(23)9-14/h2-9,11H,1H3,(H5,26,27,28,29,30)/t11-/m0/s1. The predicted octanol–water partition coefficient (Wildman–Crippen LogP) is 3.27. The van der Waals surface area contributed by atoms with Crippen LogP contribution in [0.15, 0.2) is 53.3 Å². The minimum Gasteiger partial charge on any atom is -0.382 e. The van der Waals surface area contributed by atoms with Gasteiger partial charge in [-0.25, -0.2) is 8.78 Å². The molecule has 10 heteroatoms. The van der Waals surface area contributed by atoms with Gasteiger partial charge in [-0.1, -0.05) is 18.2 Å². The fraction of sp³-hybridized carbons (Fsp3) is 0.0909. The van der Waals surface area contributed by atoms with Crippen LogP contribution in [0.4, 0.5) is 26.4 Å². The summed E-state index contributed by atoms with van der Waals surface area (Å²) in [4.78, 5) is 21.1. The summed E-state index contributed by atoms with van der Waals surface area (Å²) in [7, 11) is 0. The summed E-state index contributed by atoms with van der Waals surface area (Å²) < 4.78 is 29.7. The summed E-state index contributed by atoms with van der Waals surface area (Å²) in [6, 6.07) is 12.6. The molecule has 0 aliphatic carbocycles. The number of rotatable bonds is 4. The van der Waals surface area contributed by atoms with Crippen LogP contribution < -0.4 is 22.3 Å². The van der Waals surface area contributed by atoms with Crippen molar-refractivity contribution >= 4 is 28.4 Å². The highest BCUT2D eigenvalue weighted by molar-refractivity contribution is 5.83. The minimum absolute atomic E-state index is 0.0162. The van der Waals surface area contributed by atoms with Gasteiger partial charge in [-0.2, -0.15) is 15.2 Å². The number of halogens is 2. The smallest absolute Gasteiger partial charge is 0.266 e. The van der Waals surface area contributed by atoms with Crippen LogP contribution in [0.3, 0.4) is 0 Å². The number of benzene rings is 2. The van der Waals surface area contributed by atoms with Gasteiger partial charge in [0.1, 0.15) is 29.1 Å². The topological polar surface area (TPSA) is 136 Å². The third-order valence-electron chi connectivity index (χ3n) is 4.95. The first-order chi connectivity index (χ1) is 15.3. The van der Waals surface area contributed by atoms with Gasteiger partial charge >= 0.3 is 0 Å². The van der Waals surface area contributed by atoms with Crippen LogP contribution in [-0.4, -0.2) is 14.5 Å². The van der Waals surface area contributed by atoms with Crippen molar-refractivity contribution in [2.24, 2.45) is 0 Å². The lowest BCUT2D eigenvalue weighted by Crippen LogP contribution is -2.26. The average Bonchev–Trinajstić information content (AvgIpc) is 2.73. The monoisotopic (exact) mass is 433 g/mol. The summed E-state index contributed by atoms with van der Waals surface area (Å²) in [6.07, 6.45) is 0. The van der Waals surface area contributed by atoms with E-state index in [0.29, 0.717) is 11.1 Å². The van der Waals surface area contributed by atoms with Crippen LogP contribution in [0.25, 0.3) is 16.5 Å². The molecule has 0 fully saturated rings. The second kappa shape index (κ2) is 7.96. The van der Waals surface area contributed by atoms with Gasteiger partial charge in [0, 0.05) is 5.69 Å². The van der Waals surface area contributed by atoms with Crippen molar-refractivity contribution < 1.29 is 8.78 Å². The highest BCUT2D eigenvalue weighted by Crippen LogP contribution is 2.27. The van der Waals surface area contributed by atoms with E-state index in [1.165, 1.54) is 41.0 Å². The van der Waals surface area contributed by atoms with Gasteiger partial charge in [0.2, 0.25) is 5.95 Å². The van der Waals surface area contributed by atoms with Gasteiger partial charge in [0.15, 0.2) is 5.82 Å². The number of nitrogens with two attached hydrogens (primary N) is 2. The molecular weight excluding hydrogens is 416 g/mol. The fourth-order valence-electron chi connectivity index (χ4n) is 3.53. The number of aromatic nitrogens is 3. The highest BCUT2D eigenvalue weighted by Gasteiger charge is 2.21. The van der Waals surface area contributed by atoms with Gasteiger partial charge in [0.05, 0.1) is 17.1 Å².